The van der Waals surface area contributed by atoms with E-state index in [2.05, 4.69) is 27.6 Å². The maximum absolute atomic E-state index is 5.98. The Morgan fingerprint density at radius 2 is 2.19 bits per heavy atom. The molecule has 0 aromatic carbocycles. The van der Waals surface area contributed by atoms with Crippen LogP contribution >= 0.6 is 35.2 Å². The van der Waals surface area contributed by atoms with Crippen LogP contribution in [0.5, 0.6) is 0 Å². The summed E-state index contributed by atoms with van der Waals surface area (Å²) < 4.78 is 5.65. The molecule has 0 bridgehead atoms. The zero-order valence-corrected chi connectivity index (χ0v) is 14.4. The molecule has 0 amide bonds. The number of aryl methyl sites for hydroxylation is 4. The number of thiophene rings is 1. The molecule has 0 spiro atoms. The standard InChI is InChI=1S/C14H17ClN4S2/c1-3-4-10-12-13(18(2)17-10)19(14(20)16-12)8-7-9-5-6-11(15)21-9/h5-6H,3-4,7-8H2,1-2H3,(H,16,20). The number of aromatic amines is 1. The molecule has 0 radical (unpaired) electrons. The molecule has 0 saturated heterocycles. The highest BCUT2D eigenvalue weighted by Crippen LogP contribution is 2.23. The van der Waals surface area contributed by atoms with Gasteiger partial charge in [-0.1, -0.05) is 24.9 Å². The summed E-state index contributed by atoms with van der Waals surface area (Å²) in [4.78, 5) is 4.59. The highest BCUT2D eigenvalue weighted by Gasteiger charge is 2.14. The molecule has 7 heteroatoms. The van der Waals surface area contributed by atoms with E-state index in [1.54, 1.807) is 11.3 Å². The summed E-state index contributed by atoms with van der Waals surface area (Å²) in [5, 5.41) is 4.60. The molecule has 21 heavy (non-hydrogen) atoms. The molecule has 3 heterocycles. The van der Waals surface area contributed by atoms with Crippen LogP contribution in [0.2, 0.25) is 4.34 Å². The first kappa shape index (κ1) is 14.8. The largest absolute Gasteiger partial charge is 0.328 e. The highest BCUT2D eigenvalue weighted by molar-refractivity contribution is 7.71. The zero-order chi connectivity index (χ0) is 15.0. The van der Waals surface area contributed by atoms with E-state index >= 15 is 0 Å². The number of hydrogen-bond acceptors (Lipinski definition) is 3. The van der Waals surface area contributed by atoms with E-state index in [0.717, 1.165) is 51.8 Å². The lowest BCUT2D eigenvalue weighted by Crippen LogP contribution is -2.05. The lowest BCUT2D eigenvalue weighted by Gasteiger charge is -2.03. The van der Waals surface area contributed by atoms with Gasteiger partial charge in [0.05, 0.1) is 10.0 Å². The lowest BCUT2D eigenvalue weighted by atomic mass is 10.2. The second-order valence-electron chi connectivity index (χ2n) is 5.06. The maximum atomic E-state index is 5.98. The van der Waals surface area contributed by atoms with Gasteiger partial charge in [0, 0.05) is 18.5 Å². The van der Waals surface area contributed by atoms with Crippen molar-refractivity contribution in [3.8, 4) is 0 Å². The molecule has 0 atom stereocenters. The molecular formula is C14H17ClN4S2. The summed E-state index contributed by atoms with van der Waals surface area (Å²) in [5.41, 5.74) is 3.25. The van der Waals surface area contributed by atoms with Gasteiger partial charge in [-0.3, -0.25) is 4.68 Å². The van der Waals surface area contributed by atoms with Gasteiger partial charge in [-0.15, -0.1) is 11.3 Å². The van der Waals surface area contributed by atoms with Crippen LogP contribution in [-0.4, -0.2) is 19.3 Å². The molecule has 0 fully saturated rings. The number of halogens is 1. The van der Waals surface area contributed by atoms with Crippen molar-refractivity contribution in [1.82, 2.24) is 19.3 Å². The number of aromatic nitrogens is 4. The molecule has 0 unspecified atom stereocenters. The molecule has 0 saturated carbocycles. The van der Waals surface area contributed by atoms with Gasteiger partial charge in [0.1, 0.15) is 5.52 Å². The number of H-pyrrole nitrogens is 1. The van der Waals surface area contributed by atoms with Gasteiger partial charge in [0.25, 0.3) is 0 Å². The molecule has 0 aliphatic carbocycles. The predicted octanol–water partition coefficient (Wildman–Crippen LogP) is 4.34. The summed E-state index contributed by atoms with van der Waals surface area (Å²) in [6, 6.07) is 4.02. The molecule has 0 aliphatic rings. The Labute approximate surface area is 137 Å². The van der Waals surface area contributed by atoms with E-state index in [4.69, 9.17) is 23.8 Å². The van der Waals surface area contributed by atoms with Crippen LogP contribution in [0.4, 0.5) is 0 Å². The van der Waals surface area contributed by atoms with Crippen molar-refractivity contribution in [3.63, 3.8) is 0 Å². The van der Waals surface area contributed by atoms with E-state index < -0.39 is 0 Å². The average Bonchev–Trinajstić information content (AvgIpc) is 3.07. The van der Waals surface area contributed by atoms with E-state index in [-0.39, 0.29) is 0 Å². The van der Waals surface area contributed by atoms with Gasteiger partial charge < -0.3 is 9.55 Å². The van der Waals surface area contributed by atoms with Gasteiger partial charge in [-0.25, -0.2) is 0 Å². The lowest BCUT2D eigenvalue weighted by molar-refractivity contribution is 0.663. The van der Waals surface area contributed by atoms with Crippen molar-refractivity contribution in [2.45, 2.75) is 32.7 Å². The Kier molecular flexibility index (Phi) is 4.19. The predicted molar refractivity (Wildman–Crippen MR) is 90.9 cm³/mol. The number of nitrogens with zero attached hydrogens (tertiary/aromatic N) is 3. The third kappa shape index (κ3) is 2.80. The Balaban J connectivity index is 1.94. The van der Waals surface area contributed by atoms with Gasteiger partial charge in [-0.2, -0.15) is 5.10 Å². The van der Waals surface area contributed by atoms with Crippen LogP contribution in [0.25, 0.3) is 11.2 Å². The average molecular weight is 341 g/mol. The fourth-order valence-electron chi connectivity index (χ4n) is 2.60. The summed E-state index contributed by atoms with van der Waals surface area (Å²) in [6.45, 7) is 2.99. The SMILES string of the molecule is CCCc1nn(C)c2c1[nH]c(=S)n2CCc1ccc(Cl)s1. The molecule has 4 nitrogen and oxygen atoms in total. The van der Waals surface area contributed by atoms with Crippen LogP contribution in [0.15, 0.2) is 12.1 Å². The third-order valence-electron chi connectivity index (χ3n) is 3.52. The van der Waals surface area contributed by atoms with E-state index in [1.807, 2.05) is 17.8 Å². The molecule has 3 aromatic heterocycles. The van der Waals surface area contributed by atoms with E-state index in [0.29, 0.717) is 0 Å². The number of fused-ring (bicyclic) bond motifs is 1. The number of nitrogens with one attached hydrogen (secondary N) is 1. The molecule has 3 aromatic rings. The fraction of sp³-hybridized carbons (Fsp3) is 0.429. The van der Waals surface area contributed by atoms with Crippen molar-refractivity contribution in [1.29, 1.82) is 0 Å². The van der Waals surface area contributed by atoms with Crippen molar-refractivity contribution >= 4 is 46.3 Å². The zero-order valence-electron chi connectivity index (χ0n) is 12.0. The van der Waals surface area contributed by atoms with Crippen molar-refractivity contribution in [2.75, 3.05) is 0 Å². The first-order valence-corrected chi connectivity index (χ1v) is 8.59. The number of hydrogen-bond donors (Lipinski definition) is 1. The topological polar surface area (TPSA) is 38.5 Å². The Morgan fingerprint density at radius 1 is 1.38 bits per heavy atom. The third-order valence-corrected chi connectivity index (χ3v) is 5.13. The van der Waals surface area contributed by atoms with Crippen LogP contribution < -0.4 is 0 Å². The minimum Gasteiger partial charge on any atom is -0.328 e. The quantitative estimate of drug-likeness (QED) is 0.701. The normalized spacial score (nSPS) is 11.6. The van der Waals surface area contributed by atoms with Gasteiger partial charge in [0.15, 0.2) is 10.4 Å². The smallest absolute Gasteiger partial charge is 0.179 e. The monoisotopic (exact) mass is 340 g/mol. The summed E-state index contributed by atoms with van der Waals surface area (Å²) in [5.74, 6) is 0. The maximum Gasteiger partial charge on any atom is 0.179 e. The van der Waals surface area contributed by atoms with Gasteiger partial charge in [-0.05, 0) is 37.2 Å². The molecule has 112 valence electrons. The Hall–Kier alpha value is -1.11. The molecule has 1 N–H and O–H groups in total. The minimum atomic E-state index is 0.762. The van der Waals surface area contributed by atoms with Crippen LogP contribution in [0.3, 0.4) is 0 Å². The molecule has 3 rings (SSSR count). The molecule has 0 aliphatic heterocycles. The van der Waals surface area contributed by atoms with Crippen LogP contribution in [-0.2, 0) is 26.4 Å². The van der Waals surface area contributed by atoms with E-state index in [9.17, 15) is 0 Å². The van der Waals surface area contributed by atoms with Gasteiger partial charge >= 0.3 is 0 Å². The minimum absolute atomic E-state index is 0.762. The Bertz CT molecular complexity index is 824. The molecular weight excluding hydrogens is 324 g/mol. The number of rotatable bonds is 5. The summed E-state index contributed by atoms with van der Waals surface area (Å²) in [7, 11) is 1.97. The fourth-order valence-corrected chi connectivity index (χ4v) is 3.96. The van der Waals surface area contributed by atoms with Crippen molar-refractivity contribution < 1.29 is 0 Å². The van der Waals surface area contributed by atoms with Crippen LogP contribution in [0, 0.1) is 4.77 Å². The Morgan fingerprint density at radius 3 is 2.86 bits per heavy atom. The van der Waals surface area contributed by atoms with Crippen molar-refractivity contribution in [3.05, 3.63) is 31.8 Å². The summed E-state index contributed by atoms with van der Waals surface area (Å²) in [6.07, 6.45) is 2.96. The van der Waals surface area contributed by atoms with Crippen molar-refractivity contribution in [2.24, 2.45) is 7.05 Å². The second-order valence-corrected chi connectivity index (χ2v) is 7.24. The first-order chi connectivity index (χ1) is 10.1. The van der Waals surface area contributed by atoms with Crippen LogP contribution in [0.1, 0.15) is 23.9 Å². The van der Waals surface area contributed by atoms with E-state index in [1.165, 1.54) is 4.88 Å². The number of imidazole rings is 1. The highest BCUT2D eigenvalue weighted by atomic mass is 35.5. The second kappa shape index (κ2) is 5.94. The first-order valence-electron chi connectivity index (χ1n) is 6.98. The summed E-state index contributed by atoms with van der Waals surface area (Å²) >= 11 is 13.1. The van der Waals surface area contributed by atoms with Gasteiger partial charge in [0.2, 0.25) is 0 Å².